The molecule has 3 atom stereocenters. The minimum Gasteiger partial charge on any atom is -0.494 e. The second kappa shape index (κ2) is 16.1. The molecule has 7 heteroatoms. The van der Waals surface area contributed by atoms with Crippen LogP contribution < -0.4 is 18.9 Å². The van der Waals surface area contributed by atoms with E-state index in [0.717, 1.165) is 49.1 Å². The molecular formula is C37H42O7. The second-order valence-electron chi connectivity index (χ2n) is 11.1. The van der Waals surface area contributed by atoms with E-state index in [9.17, 15) is 5.11 Å². The highest BCUT2D eigenvalue weighted by Gasteiger charge is 2.23. The quantitative estimate of drug-likeness (QED) is 0.162. The van der Waals surface area contributed by atoms with Crippen LogP contribution in [0.15, 0.2) is 97.1 Å². The van der Waals surface area contributed by atoms with Gasteiger partial charge in [0, 0.05) is 0 Å². The van der Waals surface area contributed by atoms with Gasteiger partial charge in [0.05, 0.1) is 25.9 Å². The summed E-state index contributed by atoms with van der Waals surface area (Å²) in [7, 11) is 0. The van der Waals surface area contributed by atoms with E-state index in [0.29, 0.717) is 32.5 Å². The molecule has 44 heavy (non-hydrogen) atoms. The lowest BCUT2D eigenvalue weighted by Crippen LogP contribution is -2.12. The highest BCUT2D eigenvalue weighted by atomic mass is 16.6. The number of hydrogen-bond donors (Lipinski definition) is 1. The summed E-state index contributed by atoms with van der Waals surface area (Å²) in [5.74, 6) is 3.49. The van der Waals surface area contributed by atoms with Gasteiger partial charge in [0.1, 0.15) is 55.0 Å². The van der Waals surface area contributed by atoms with Crippen LogP contribution in [0.4, 0.5) is 0 Å². The van der Waals surface area contributed by atoms with Crippen LogP contribution in [0.2, 0.25) is 0 Å². The molecule has 3 unspecified atom stereocenters. The number of rotatable bonds is 15. The first kappa shape index (κ1) is 31.4. The SMILES string of the molecule is CC(O)COc1ccc(Cc2ccc(OCC3CO3)cc2)cc1.CCOc1ccc(Cc2ccc(OCC3CO3)cc2)cc1. The highest BCUT2D eigenvalue weighted by Crippen LogP contribution is 2.21. The molecule has 2 heterocycles. The topological polar surface area (TPSA) is 82.2 Å². The highest BCUT2D eigenvalue weighted by molar-refractivity contribution is 5.35. The molecule has 232 valence electrons. The summed E-state index contributed by atoms with van der Waals surface area (Å²) in [4.78, 5) is 0. The lowest BCUT2D eigenvalue weighted by molar-refractivity contribution is 0.122. The van der Waals surface area contributed by atoms with Crippen LogP contribution >= 0.6 is 0 Å². The predicted molar refractivity (Wildman–Crippen MR) is 170 cm³/mol. The summed E-state index contributed by atoms with van der Waals surface area (Å²) < 4.78 is 32.4. The summed E-state index contributed by atoms with van der Waals surface area (Å²) in [5, 5.41) is 9.22. The zero-order valence-corrected chi connectivity index (χ0v) is 25.5. The van der Waals surface area contributed by atoms with E-state index in [1.54, 1.807) is 6.92 Å². The van der Waals surface area contributed by atoms with E-state index < -0.39 is 6.10 Å². The lowest BCUT2D eigenvalue weighted by Gasteiger charge is -2.09. The average Bonchev–Trinajstić information content (AvgIpc) is 3.98. The van der Waals surface area contributed by atoms with Crippen LogP contribution in [0.5, 0.6) is 23.0 Å². The van der Waals surface area contributed by atoms with Crippen molar-refractivity contribution in [1.82, 2.24) is 0 Å². The fraction of sp³-hybridized carbons (Fsp3) is 0.351. The van der Waals surface area contributed by atoms with Crippen LogP contribution in [-0.2, 0) is 22.3 Å². The van der Waals surface area contributed by atoms with Gasteiger partial charge in [0.25, 0.3) is 0 Å². The van der Waals surface area contributed by atoms with Gasteiger partial charge >= 0.3 is 0 Å². The molecule has 4 aromatic rings. The van der Waals surface area contributed by atoms with Crippen molar-refractivity contribution in [1.29, 1.82) is 0 Å². The molecule has 6 rings (SSSR count). The Balaban J connectivity index is 0.000000175. The van der Waals surface area contributed by atoms with E-state index >= 15 is 0 Å². The molecule has 0 radical (unpaired) electrons. The molecule has 2 fully saturated rings. The van der Waals surface area contributed by atoms with Gasteiger partial charge in [-0.25, -0.2) is 0 Å². The normalized spacial score (nSPS) is 17.1. The van der Waals surface area contributed by atoms with Crippen LogP contribution in [0, 0.1) is 0 Å². The molecule has 0 saturated carbocycles. The largest absolute Gasteiger partial charge is 0.494 e. The van der Waals surface area contributed by atoms with E-state index in [2.05, 4.69) is 36.4 Å². The fourth-order valence-electron chi connectivity index (χ4n) is 4.38. The van der Waals surface area contributed by atoms with Gasteiger partial charge in [-0.15, -0.1) is 0 Å². The number of aliphatic hydroxyl groups excluding tert-OH is 1. The fourth-order valence-corrected chi connectivity index (χ4v) is 4.38. The van der Waals surface area contributed by atoms with Crippen molar-refractivity contribution in [3.8, 4) is 23.0 Å². The van der Waals surface area contributed by atoms with E-state index in [4.69, 9.17) is 28.4 Å². The smallest absolute Gasteiger partial charge is 0.119 e. The summed E-state index contributed by atoms with van der Waals surface area (Å²) in [6.07, 6.45) is 1.90. The number of ether oxygens (including phenoxy) is 6. The first-order chi connectivity index (χ1) is 21.5. The summed E-state index contributed by atoms with van der Waals surface area (Å²) in [6, 6.07) is 32.7. The zero-order valence-electron chi connectivity index (χ0n) is 25.5. The van der Waals surface area contributed by atoms with Gasteiger partial charge in [-0.1, -0.05) is 48.5 Å². The molecule has 0 aromatic heterocycles. The number of aliphatic hydroxyl groups is 1. The lowest BCUT2D eigenvalue weighted by atomic mass is 10.0. The standard InChI is InChI=1S/C19H22O4.C18H20O3/c1-14(20)11-21-17-6-2-15(3-7-17)10-16-4-8-18(9-5-16)22-12-19-13-23-19;1-2-19-16-7-3-14(4-8-16)11-15-5-9-17(10-6-15)20-12-18-13-21-18/h2-9,14,19-20H,10-13H2,1H3;3-10,18H,2,11-13H2,1H3. The second-order valence-corrected chi connectivity index (χ2v) is 11.1. The molecule has 0 aliphatic carbocycles. The number of benzene rings is 4. The Hall–Kier alpha value is -4.04. The zero-order chi connectivity index (χ0) is 30.6. The van der Waals surface area contributed by atoms with Crippen LogP contribution in [0.1, 0.15) is 36.1 Å². The van der Waals surface area contributed by atoms with Gasteiger partial charge in [0.15, 0.2) is 0 Å². The Morgan fingerprint density at radius 3 is 1.18 bits per heavy atom. The first-order valence-corrected chi connectivity index (χ1v) is 15.3. The van der Waals surface area contributed by atoms with E-state index in [1.165, 1.54) is 22.3 Å². The maximum Gasteiger partial charge on any atom is 0.119 e. The average molecular weight is 599 g/mol. The van der Waals surface area contributed by atoms with Crippen molar-refractivity contribution in [3.63, 3.8) is 0 Å². The van der Waals surface area contributed by atoms with Crippen molar-refractivity contribution >= 4 is 0 Å². The minimum atomic E-state index is -0.457. The molecule has 0 bridgehead atoms. The minimum absolute atomic E-state index is 0.282. The van der Waals surface area contributed by atoms with Gasteiger partial charge in [0.2, 0.25) is 0 Å². The monoisotopic (exact) mass is 598 g/mol. The maximum atomic E-state index is 9.22. The predicted octanol–water partition coefficient (Wildman–Crippen LogP) is 6.27. The van der Waals surface area contributed by atoms with Gasteiger partial charge in [-0.2, -0.15) is 0 Å². The van der Waals surface area contributed by atoms with Crippen LogP contribution in [0.25, 0.3) is 0 Å². The maximum absolute atomic E-state index is 9.22. The molecule has 2 aliphatic rings. The Morgan fingerprint density at radius 1 is 0.568 bits per heavy atom. The van der Waals surface area contributed by atoms with E-state index in [1.807, 2.05) is 67.6 Å². The van der Waals surface area contributed by atoms with Crippen molar-refractivity contribution in [2.45, 2.75) is 45.0 Å². The Bertz CT molecular complexity index is 1330. The molecule has 2 saturated heterocycles. The number of hydrogen-bond acceptors (Lipinski definition) is 7. The molecular weight excluding hydrogens is 556 g/mol. The van der Waals surface area contributed by atoms with Crippen molar-refractivity contribution in [2.24, 2.45) is 0 Å². The van der Waals surface area contributed by atoms with Crippen molar-refractivity contribution < 1.29 is 33.5 Å². The summed E-state index contributed by atoms with van der Waals surface area (Å²) in [6.45, 7) is 7.64. The molecule has 4 aromatic carbocycles. The molecule has 0 spiro atoms. The van der Waals surface area contributed by atoms with Crippen LogP contribution in [-0.4, -0.2) is 63.1 Å². The third-order valence-electron chi connectivity index (χ3n) is 6.99. The third-order valence-corrected chi connectivity index (χ3v) is 6.99. The van der Waals surface area contributed by atoms with Crippen molar-refractivity contribution in [2.75, 3.05) is 39.6 Å². The van der Waals surface area contributed by atoms with E-state index in [-0.39, 0.29) is 6.10 Å². The van der Waals surface area contributed by atoms with Gasteiger partial charge in [-0.3, -0.25) is 0 Å². The molecule has 1 N–H and O–H groups in total. The van der Waals surface area contributed by atoms with Gasteiger partial charge in [-0.05, 0) is 97.5 Å². The summed E-state index contributed by atoms with van der Waals surface area (Å²) >= 11 is 0. The van der Waals surface area contributed by atoms with Crippen LogP contribution in [0.3, 0.4) is 0 Å². The number of epoxide rings is 2. The molecule has 2 aliphatic heterocycles. The van der Waals surface area contributed by atoms with Gasteiger partial charge < -0.3 is 33.5 Å². The Morgan fingerprint density at radius 2 is 0.886 bits per heavy atom. The molecule has 0 amide bonds. The van der Waals surface area contributed by atoms with Crippen molar-refractivity contribution in [3.05, 3.63) is 119 Å². The Kier molecular flexibility index (Phi) is 11.5. The Labute approximate surface area is 260 Å². The molecule has 7 nitrogen and oxygen atoms in total. The first-order valence-electron chi connectivity index (χ1n) is 15.3. The third kappa shape index (κ3) is 11.2. The summed E-state index contributed by atoms with van der Waals surface area (Å²) in [5.41, 5.74) is 5.00.